The first-order valence-electron chi connectivity index (χ1n) is 6.16. The highest BCUT2D eigenvalue weighted by atomic mass is 16.4. The summed E-state index contributed by atoms with van der Waals surface area (Å²) in [6, 6.07) is 10.4. The topological polar surface area (TPSA) is 40.5 Å². The Morgan fingerprint density at radius 3 is 2.76 bits per heavy atom. The van der Waals surface area contributed by atoms with E-state index in [0.29, 0.717) is 5.92 Å². The Labute approximate surface area is 101 Å². The van der Waals surface area contributed by atoms with Crippen LogP contribution in [0.1, 0.15) is 18.9 Å². The van der Waals surface area contributed by atoms with Crippen molar-refractivity contribution >= 4 is 5.97 Å². The molecular weight excluding hydrogens is 214 g/mol. The number of fused-ring (bicyclic) bond motifs is 1. The monoisotopic (exact) mass is 231 g/mol. The van der Waals surface area contributed by atoms with Crippen molar-refractivity contribution in [2.45, 2.75) is 25.9 Å². The highest BCUT2D eigenvalue weighted by molar-refractivity contribution is 5.80. The van der Waals surface area contributed by atoms with E-state index in [1.165, 1.54) is 5.56 Å². The number of likely N-dealkylation sites (tertiary alicyclic amines) is 1. The van der Waals surface area contributed by atoms with Crippen molar-refractivity contribution in [2.75, 3.05) is 6.54 Å². The molecule has 3 nitrogen and oxygen atoms in total. The number of carboxylic acids is 1. The number of aliphatic carboxylic acids is 1. The van der Waals surface area contributed by atoms with E-state index in [9.17, 15) is 9.90 Å². The summed E-state index contributed by atoms with van der Waals surface area (Å²) < 4.78 is 0. The third kappa shape index (κ3) is 1.49. The van der Waals surface area contributed by atoms with Crippen LogP contribution in [-0.2, 0) is 11.3 Å². The van der Waals surface area contributed by atoms with Crippen LogP contribution < -0.4 is 0 Å². The normalized spacial score (nSPS) is 35.6. The van der Waals surface area contributed by atoms with Crippen molar-refractivity contribution < 1.29 is 9.90 Å². The van der Waals surface area contributed by atoms with Gasteiger partial charge in [0, 0.05) is 19.1 Å². The second-order valence-electron chi connectivity index (χ2n) is 5.34. The van der Waals surface area contributed by atoms with Crippen LogP contribution in [0.3, 0.4) is 0 Å². The van der Waals surface area contributed by atoms with Crippen molar-refractivity contribution in [2.24, 2.45) is 11.3 Å². The zero-order chi connectivity index (χ0) is 12.0. The molecule has 0 amide bonds. The number of hydrogen-bond donors (Lipinski definition) is 1. The predicted molar refractivity (Wildman–Crippen MR) is 64.5 cm³/mol. The molecule has 0 bridgehead atoms. The molecule has 3 rings (SSSR count). The SMILES string of the molecule is C[C@H]1N(Cc2ccccc2)C[C@H]2C[C@]21C(=O)O. The van der Waals surface area contributed by atoms with Crippen molar-refractivity contribution in [1.29, 1.82) is 0 Å². The van der Waals surface area contributed by atoms with Crippen LogP contribution in [0.2, 0.25) is 0 Å². The lowest BCUT2D eigenvalue weighted by atomic mass is 9.98. The number of hydrogen-bond acceptors (Lipinski definition) is 2. The first-order valence-corrected chi connectivity index (χ1v) is 6.16. The molecule has 1 aliphatic heterocycles. The van der Waals surface area contributed by atoms with Gasteiger partial charge >= 0.3 is 5.97 Å². The standard InChI is InChI=1S/C14H17NO2/c1-10-14(13(16)17)7-12(14)9-15(10)8-11-5-3-2-4-6-11/h2-6,10,12H,7-9H2,1H3,(H,16,17)/t10-,12-,14-/m1/s1. The molecular formula is C14H17NO2. The maximum Gasteiger partial charge on any atom is 0.311 e. The third-order valence-electron chi connectivity index (χ3n) is 4.53. The molecule has 3 atom stereocenters. The van der Waals surface area contributed by atoms with Crippen LogP contribution in [0.4, 0.5) is 0 Å². The first kappa shape index (κ1) is 10.8. The zero-order valence-electron chi connectivity index (χ0n) is 9.97. The first-order chi connectivity index (χ1) is 8.14. The van der Waals surface area contributed by atoms with Crippen LogP contribution in [0.25, 0.3) is 0 Å². The fraction of sp³-hybridized carbons (Fsp3) is 0.500. The molecule has 17 heavy (non-hydrogen) atoms. The summed E-state index contributed by atoms with van der Waals surface area (Å²) in [5.74, 6) is -0.232. The van der Waals surface area contributed by atoms with Gasteiger partial charge < -0.3 is 5.11 Å². The number of carbonyl (C=O) groups is 1. The van der Waals surface area contributed by atoms with E-state index in [0.717, 1.165) is 19.5 Å². The molecule has 1 saturated carbocycles. The molecule has 1 N–H and O–H groups in total. The van der Waals surface area contributed by atoms with Gasteiger partial charge in [0.05, 0.1) is 5.41 Å². The Kier molecular flexibility index (Phi) is 2.26. The van der Waals surface area contributed by atoms with Gasteiger partial charge in [-0.05, 0) is 24.8 Å². The maximum atomic E-state index is 11.3. The minimum atomic E-state index is -0.606. The van der Waals surface area contributed by atoms with Crippen molar-refractivity contribution in [3.8, 4) is 0 Å². The van der Waals surface area contributed by atoms with Crippen LogP contribution in [0, 0.1) is 11.3 Å². The molecule has 2 fully saturated rings. The van der Waals surface area contributed by atoms with Gasteiger partial charge in [-0.3, -0.25) is 9.69 Å². The number of piperidine rings is 1. The Bertz CT molecular complexity index is 445. The lowest BCUT2D eigenvalue weighted by molar-refractivity contribution is -0.145. The molecule has 2 aliphatic rings. The van der Waals surface area contributed by atoms with Crippen LogP contribution in [0.15, 0.2) is 30.3 Å². The summed E-state index contributed by atoms with van der Waals surface area (Å²) >= 11 is 0. The zero-order valence-corrected chi connectivity index (χ0v) is 9.97. The fourth-order valence-corrected chi connectivity index (χ4v) is 3.31. The van der Waals surface area contributed by atoms with Crippen LogP contribution in [0.5, 0.6) is 0 Å². The molecule has 90 valence electrons. The summed E-state index contributed by atoms with van der Waals surface area (Å²) in [4.78, 5) is 13.6. The van der Waals surface area contributed by atoms with E-state index < -0.39 is 11.4 Å². The summed E-state index contributed by atoms with van der Waals surface area (Å²) in [5, 5.41) is 9.34. The highest BCUT2D eigenvalue weighted by Gasteiger charge is 2.69. The maximum absolute atomic E-state index is 11.3. The molecule has 1 saturated heterocycles. The number of benzene rings is 1. The minimum absolute atomic E-state index is 0.158. The number of nitrogens with zero attached hydrogens (tertiary/aromatic N) is 1. The third-order valence-corrected chi connectivity index (χ3v) is 4.53. The molecule has 1 heterocycles. The van der Waals surface area contributed by atoms with Gasteiger partial charge in [0.2, 0.25) is 0 Å². The lowest BCUT2D eigenvalue weighted by Crippen LogP contribution is -2.37. The van der Waals surface area contributed by atoms with Gasteiger partial charge in [0.25, 0.3) is 0 Å². The van der Waals surface area contributed by atoms with Gasteiger partial charge in [-0.25, -0.2) is 0 Å². The lowest BCUT2D eigenvalue weighted by Gasteiger charge is -2.27. The Morgan fingerprint density at radius 2 is 2.18 bits per heavy atom. The average Bonchev–Trinajstić information content (AvgIpc) is 2.98. The summed E-state index contributed by atoms with van der Waals surface area (Å²) in [7, 11) is 0. The second kappa shape index (κ2) is 3.57. The van der Waals surface area contributed by atoms with E-state index in [4.69, 9.17) is 0 Å². The van der Waals surface area contributed by atoms with Gasteiger partial charge in [-0.1, -0.05) is 30.3 Å². The Hall–Kier alpha value is -1.35. The van der Waals surface area contributed by atoms with Gasteiger partial charge in [-0.15, -0.1) is 0 Å². The predicted octanol–water partition coefficient (Wildman–Crippen LogP) is 1.98. The second-order valence-corrected chi connectivity index (χ2v) is 5.34. The summed E-state index contributed by atoms with van der Waals surface area (Å²) in [6.07, 6.45) is 0.870. The van der Waals surface area contributed by atoms with E-state index >= 15 is 0 Å². The fourth-order valence-electron chi connectivity index (χ4n) is 3.31. The molecule has 3 heteroatoms. The molecule has 1 aliphatic carbocycles. The molecule has 0 aromatic heterocycles. The van der Waals surface area contributed by atoms with Crippen molar-refractivity contribution in [3.05, 3.63) is 35.9 Å². The number of rotatable bonds is 3. The smallest absolute Gasteiger partial charge is 0.311 e. The Morgan fingerprint density at radius 1 is 1.47 bits per heavy atom. The Balaban J connectivity index is 1.74. The number of carboxylic acid groups (broad SMARTS) is 1. The highest BCUT2D eigenvalue weighted by Crippen LogP contribution is 2.61. The molecule has 0 radical (unpaired) electrons. The summed E-state index contributed by atoms with van der Waals surface area (Å²) in [6.45, 7) is 3.86. The molecule has 0 unspecified atom stereocenters. The van der Waals surface area contributed by atoms with E-state index in [1.54, 1.807) is 0 Å². The van der Waals surface area contributed by atoms with Crippen LogP contribution >= 0.6 is 0 Å². The molecule has 1 aromatic carbocycles. The van der Waals surface area contributed by atoms with Crippen LogP contribution in [-0.4, -0.2) is 28.6 Å². The largest absolute Gasteiger partial charge is 0.481 e. The molecule has 1 aromatic rings. The van der Waals surface area contributed by atoms with E-state index in [-0.39, 0.29) is 6.04 Å². The van der Waals surface area contributed by atoms with E-state index in [2.05, 4.69) is 24.0 Å². The van der Waals surface area contributed by atoms with Gasteiger partial charge in [0.15, 0.2) is 0 Å². The minimum Gasteiger partial charge on any atom is -0.481 e. The van der Waals surface area contributed by atoms with Crippen molar-refractivity contribution in [1.82, 2.24) is 4.90 Å². The summed E-state index contributed by atoms with van der Waals surface area (Å²) in [5.41, 5.74) is 0.829. The van der Waals surface area contributed by atoms with Crippen molar-refractivity contribution in [3.63, 3.8) is 0 Å². The van der Waals surface area contributed by atoms with Gasteiger partial charge in [-0.2, -0.15) is 0 Å². The quantitative estimate of drug-likeness (QED) is 0.864. The van der Waals surface area contributed by atoms with Gasteiger partial charge in [0.1, 0.15) is 0 Å². The molecule has 0 spiro atoms. The van der Waals surface area contributed by atoms with E-state index in [1.807, 2.05) is 18.2 Å². The average molecular weight is 231 g/mol.